The Balaban J connectivity index is 2.81. The molecule has 1 heterocycles. The molecule has 0 aliphatic carbocycles. The van der Waals surface area contributed by atoms with Gasteiger partial charge in [-0.05, 0) is 13.0 Å². The number of hydrogen-bond acceptors (Lipinski definition) is 4. The van der Waals surface area contributed by atoms with Crippen LogP contribution in [-0.2, 0) is 9.53 Å². The van der Waals surface area contributed by atoms with Gasteiger partial charge in [-0.25, -0.2) is 9.78 Å². The fourth-order valence-electron chi connectivity index (χ4n) is 0.820. The van der Waals surface area contributed by atoms with Crippen molar-refractivity contribution in [2.24, 2.45) is 5.73 Å². The third-order valence-electron chi connectivity index (χ3n) is 1.72. The highest BCUT2D eigenvalue weighted by Crippen LogP contribution is 2.20. The Labute approximate surface area is 101 Å². The highest BCUT2D eigenvalue weighted by Gasteiger charge is 2.17. The first-order valence-electron chi connectivity index (χ1n) is 4.23. The summed E-state index contributed by atoms with van der Waals surface area (Å²) in [5, 5.41) is 0.212. The molecule has 0 aliphatic heterocycles. The van der Waals surface area contributed by atoms with Gasteiger partial charge in [-0.3, -0.25) is 4.79 Å². The predicted octanol–water partition coefficient (Wildman–Crippen LogP) is 1.42. The van der Waals surface area contributed by atoms with Gasteiger partial charge in [0.05, 0.1) is 10.6 Å². The van der Waals surface area contributed by atoms with Gasteiger partial charge in [0, 0.05) is 6.20 Å². The minimum absolute atomic E-state index is 0.0844. The van der Waals surface area contributed by atoms with E-state index in [1.54, 1.807) is 0 Å². The molecule has 1 rings (SSSR count). The van der Waals surface area contributed by atoms with Crippen molar-refractivity contribution < 1.29 is 14.3 Å². The summed E-state index contributed by atoms with van der Waals surface area (Å²) in [6.45, 7) is 1.37. The van der Waals surface area contributed by atoms with Crippen LogP contribution in [0.2, 0.25) is 10.2 Å². The molecule has 1 amide bonds. The monoisotopic (exact) mass is 262 g/mol. The van der Waals surface area contributed by atoms with Crippen LogP contribution in [0.15, 0.2) is 12.3 Å². The minimum Gasteiger partial charge on any atom is -0.449 e. The number of amides is 1. The lowest BCUT2D eigenvalue weighted by molar-refractivity contribution is -0.125. The molecule has 1 aromatic rings. The van der Waals surface area contributed by atoms with E-state index in [4.69, 9.17) is 33.7 Å². The number of esters is 1. The smallest absolute Gasteiger partial charge is 0.340 e. The maximum Gasteiger partial charge on any atom is 0.340 e. The molecule has 0 spiro atoms. The van der Waals surface area contributed by atoms with Crippen molar-refractivity contribution in [3.8, 4) is 0 Å². The van der Waals surface area contributed by atoms with E-state index in [2.05, 4.69) is 4.98 Å². The highest BCUT2D eigenvalue weighted by molar-refractivity contribution is 6.41. The maximum absolute atomic E-state index is 11.5. The number of nitrogens with two attached hydrogens (primary N) is 1. The molecule has 7 heteroatoms. The number of primary amides is 1. The van der Waals surface area contributed by atoms with E-state index in [0.717, 1.165) is 0 Å². The largest absolute Gasteiger partial charge is 0.449 e. The summed E-state index contributed by atoms with van der Waals surface area (Å²) in [6.07, 6.45) is 0.187. The molecule has 0 radical (unpaired) electrons. The second-order valence-corrected chi connectivity index (χ2v) is 3.71. The summed E-state index contributed by atoms with van der Waals surface area (Å²) in [5.41, 5.74) is 5.04. The van der Waals surface area contributed by atoms with Crippen molar-refractivity contribution in [1.29, 1.82) is 0 Å². The molecular weight excluding hydrogens is 255 g/mol. The molecule has 0 aliphatic rings. The molecule has 0 fully saturated rings. The van der Waals surface area contributed by atoms with Crippen LogP contribution in [-0.4, -0.2) is 23.0 Å². The second kappa shape index (κ2) is 5.14. The van der Waals surface area contributed by atoms with Gasteiger partial charge in [0.1, 0.15) is 5.15 Å². The molecule has 1 atom stereocenters. The van der Waals surface area contributed by atoms with E-state index in [1.165, 1.54) is 19.2 Å². The highest BCUT2D eigenvalue weighted by atomic mass is 35.5. The zero-order valence-corrected chi connectivity index (χ0v) is 9.75. The Bertz CT molecular complexity index is 437. The van der Waals surface area contributed by atoms with Crippen LogP contribution in [0.4, 0.5) is 0 Å². The van der Waals surface area contributed by atoms with Crippen molar-refractivity contribution >= 4 is 35.1 Å². The normalized spacial score (nSPS) is 11.9. The van der Waals surface area contributed by atoms with Crippen molar-refractivity contribution in [2.75, 3.05) is 0 Å². The van der Waals surface area contributed by atoms with Crippen molar-refractivity contribution in [3.05, 3.63) is 28.0 Å². The number of aromatic nitrogens is 1. The Morgan fingerprint density at radius 3 is 2.62 bits per heavy atom. The fourth-order valence-corrected chi connectivity index (χ4v) is 1.09. The van der Waals surface area contributed by atoms with Gasteiger partial charge >= 0.3 is 5.97 Å². The molecule has 1 aromatic heterocycles. The predicted molar refractivity (Wildman–Crippen MR) is 58.3 cm³/mol. The van der Waals surface area contributed by atoms with Gasteiger partial charge in [-0.15, -0.1) is 0 Å². The molecule has 2 N–H and O–H groups in total. The topological polar surface area (TPSA) is 82.3 Å². The lowest BCUT2D eigenvalue weighted by atomic mass is 10.3. The van der Waals surface area contributed by atoms with E-state index in [0.29, 0.717) is 0 Å². The van der Waals surface area contributed by atoms with E-state index < -0.39 is 18.0 Å². The molecule has 86 valence electrons. The van der Waals surface area contributed by atoms with Gasteiger partial charge in [0.15, 0.2) is 6.10 Å². The van der Waals surface area contributed by atoms with Crippen LogP contribution in [0.1, 0.15) is 17.3 Å². The molecule has 0 unspecified atom stereocenters. The quantitative estimate of drug-likeness (QED) is 0.660. The molecule has 0 aromatic carbocycles. The SMILES string of the molecule is C[C@H](OC(=O)c1cnc(Cl)c(Cl)c1)C(N)=O. The van der Waals surface area contributed by atoms with Gasteiger partial charge < -0.3 is 10.5 Å². The lowest BCUT2D eigenvalue weighted by Crippen LogP contribution is -2.30. The Morgan fingerprint density at radius 2 is 2.12 bits per heavy atom. The summed E-state index contributed by atoms with van der Waals surface area (Å²) < 4.78 is 4.74. The van der Waals surface area contributed by atoms with Gasteiger partial charge in [-0.2, -0.15) is 0 Å². The first-order valence-corrected chi connectivity index (χ1v) is 4.98. The third-order valence-corrected chi connectivity index (χ3v) is 2.40. The number of hydrogen-bond donors (Lipinski definition) is 1. The van der Waals surface area contributed by atoms with Crippen LogP contribution in [0.25, 0.3) is 0 Å². The Hall–Kier alpha value is -1.33. The maximum atomic E-state index is 11.5. The Kier molecular flexibility index (Phi) is 4.09. The van der Waals surface area contributed by atoms with E-state index in [1.807, 2.05) is 0 Å². The summed E-state index contributed by atoms with van der Waals surface area (Å²) in [4.78, 5) is 25.8. The Morgan fingerprint density at radius 1 is 1.50 bits per heavy atom. The second-order valence-electron chi connectivity index (χ2n) is 2.95. The number of carbonyl (C=O) groups excluding carboxylic acids is 2. The molecule has 0 saturated carbocycles. The summed E-state index contributed by atoms with van der Waals surface area (Å²) >= 11 is 11.2. The number of pyridine rings is 1. The number of nitrogens with zero attached hydrogens (tertiary/aromatic N) is 1. The first-order chi connectivity index (χ1) is 7.41. The zero-order chi connectivity index (χ0) is 12.3. The average molecular weight is 263 g/mol. The molecule has 5 nitrogen and oxygen atoms in total. The third kappa shape index (κ3) is 3.08. The summed E-state index contributed by atoms with van der Waals surface area (Å²) in [6, 6.07) is 1.30. The van der Waals surface area contributed by atoms with Crippen LogP contribution in [0.3, 0.4) is 0 Å². The standard InChI is InChI=1S/C9H8Cl2N2O3/c1-4(8(12)14)16-9(15)5-2-6(10)7(11)13-3-5/h2-4H,1H3,(H2,12,14)/t4-/m0/s1. The van der Waals surface area contributed by atoms with Gasteiger partial charge in [0.2, 0.25) is 0 Å². The molecule has 0 bridgehead atoms. The number of carbonyl (C=O) groups is 2. The van der Waals surface area contributed by atoms with Crippen LogP contribution < -0.4 is 5.73 Å². The number of rotatable bonds is 3. The van der Waals surface area contributed by atoms with Gasteiger partial charge in [0.25, 0.3) is 5.91 Å². The van der Waals surface area contributed by atoms with Crippen LogP contribution in [0, 0.1) is 0 Å². The van der Waals surface area contributed by atoms with Crippen molar-refractivity contribution in [2.45, 2.75) is 13.0 Å². The summed E-state index contributed by atoms with van der Waals surface area (Å²) in [7, 11) is 0. The van der Waals surface area contributed by atoms with E-state index in [9.17, 15) is 9.59 Å². The zero-order valence-electron chi connectivity index (χ0n) is 8.24. The first kappa shape index (κ1) is 12.7. The average Bonchev–Trinajstić information content (AvgIpc) is 2.21. The fraction of sp³-hybridized carbons (Fsp3) is 0.222. The van der Waals surface area contributed by atoms with Gasteiger partial charge in [-0.1, -0.05) is 23.2 Å². The van der Waals surface area contributed by atoms with Crippen molar-refractivity contribution in [3.63, 3.8) is 0 Å². The lowest BCUT2D eigenvalue weighted by Gasteiger charge is -2.09. The number of halogens is 2. The van der Waals surface area contributed by atoms with E-state index >= 15 is 0 Å². The van der Waals surface area contributed by atoms with E-state index in [-0.39, 0.29) is 15.7 Å². The number of ether oxygens (including phenoxy) is 1. The molecule has 0 saturated heterocycles. The molecule has 16 heavy (non-hydrogen) atoms. The van der Waals surface area contributed by atoms with Crippen LogP contribution in [0.5, 0.6) is 0 Å². The minimum atomic E-state index is -1.01. The van der Waals surface area contributed by atoms with Crippen molar-refractivity contribution in [1.82, 2.24) is 4.98 Å². The van der Waals surface area contributed by atoms with Crippen LogP contribution >= 0.6 is 23.2 Å². The molecular formula is C9H8Cl2N2O3. The summed E-state index contributed by atoms with van der Waals surface area (Å²) in [5.74, 6) is -1.47.